The van der Waals surface area contributed by atoms with Crippen molar-refractivity contribution in [3.63, 3.8) is 0 Å². The van der Waals surface area contributed by atoms with E-state index in [0.717, 1.165) is 5.69 Å². The number of thiocarbonyl (C=S) groups is 1. The molecule has 2 N–H and O–H groups in total. The third kappa shape index (κ3) is 3.76. The van der Waals surface area contributed by atoms with Crippen molar-refractivity contribution in [1.82, 2.24) is 15.4 Å². The number of pyridine rings is 1. The fraction of sp³-hybridized carbons (Fsp3) is 0.0714. The highest BCUT2D eigenvalue weighted by molar-refractivity contribution is 7.80. The second-order valence-electron chi connectivity index (χ2n) is 4.01. The molecule has 0 radical (unpaired) electrons. The minimum absolute atomic E-state index is 0.315. The molecular weight excluding hydrogens is 272 g/mol. The fourth-order valence-corrected chi connectivity index (χ4v) is 1.65. The molecule has 20 heavy (non-hydrogen) atoms. The molecule has 1 heterocycles. The van der Waals surface area contributed by atoms with E-state index in [1.165, 1.54) is 5.01 Å². The number of carbonyl (C=O) groups excluding carboxylic acids is 1. The van der Waals surface area contributed by atoms with Gasteiger partial charge >= 0.3 is 0 Å². The minimum atomic E-state index is -0.315. The second kappa shape index (κ2) is 6.63. The van der Waals surface area contributed by atoms with Gasteiger partial charge in [-0.25, -0.2) is 0 Å². The van der Waals surface area contributed by atoms with Crippen LogP contribution in [0.2, 0.25) is 0 Å². The molecule has 2 rings (SSSR count). The van der Waals surface area contributed by atoms with E-state index in [4.69, 9.17) is 12.2 Å². The van der Waals surface area contributed by atoms with Gasteiger partial charge in [0.25, 0.3) is 5.91 Å². The average Bonchev–Trinajstić information content (AvgIpc) is 2.49. The summed E-state index contributed by atoms with van der Waals surface area (Å²) in [5.41, 5.74) is 3.84. The summed E-state index contributed by atoms with van der Waals surface area (Å²) >= 11 is 5.21. The number of amides is 1. The van der Waals surface area contributed by atoms with Crippen LogP contribution in [-0.2, 0) is 0 Å². The Bertz CT molecular complexity index is 589. The number of hydrogen-bond donors (Lipinski definition) is 2. The molecule has 1 aromatic heterocycles. The van der Waals surface area contributed by atoms with Gasteiger partial charge in [-0.2, -0.15) is 0 Å². The maximum atomic E-state index is 11.9. The molecule has 2 aromatic rings. The molecule has 102 valence electrons. The topological polar surface area (TPSA) is 57.3 Å². The summed E-state index contributed by atoms with van der Waals surface area (Å²) in [6.07, 6.45) is 1.56. The van der Waals surface area contributed by atoms with E-state index in [1.54, 1.807) is 31.4 Å². The SMILES string of the molecule is CN(NC(=O)c1ccccn1)C(=S)Nc1ccccc1. The third-order valence-electron chi connectivity index (χ3n) is 2.50. The summed E-state index contributed by atoms with van der Waals surface area (Å²) in [6.45, 7) is 0. The molecule has 1 amide bonds. The third-order valence-corrected chi connectivity index (χ3v) is 2.87. The van der Waals surface area contributed by atoms with Gasteiger partial charge < -0.3 is 5.32 Å². The highest BCUT2D eigenvalue weighted by atomic mass is 32.1. The maximum Gasteiger partial charge on any atom is 0.288 e. The van der Waals surface area contributed by atoms with Crippen LogP contribution in [0, 0.1) is 0 Å². The molecule has 0 aliphatic heterocycles. The van der Waals surface area contributed by atoms with E-state index in [1.807, 2.05) is 30.3 Å². The van der Waals surface area contributed by atoms with Crippen LogP contribution in [-0.4, -0.2) is 28.1 Å². The maximum absolute atomic E-state index is 11.9. The molecule has 0 fully saturated rings. The van der Waals surface area contributed by atoms with Crippen molar-refractivity contribution in [1.29, 1.82) is 0 Å². The molecule has 0 spiro atoms. The first-order valence-corrected chi connectivity index (χ1v) is 6.39. The van der Waals surface area contributed by atoms with E-state index in [2.05, 4.69) is 15.7 Å². The van der Waals surface area contributed by atoms with Crippen molar-refractivity contribution >= 4 is 28.9 Å². The molecule has 0 aliphatic rings. The molecule has 5 nitrogen and oxygen atoms in total. The Balaban J connectivity index is 1.93. The van der Waals surface area contributed by atoms with Gasteiger partial charge in [0.1, 0.15) is 5.69 Å². The summed E-state index contributed by atoms with van der Waals surface area (Å²) < 4.78 is 0. The molecule has 0 bridgehead atoms. The Hall–Kier alpha value is -2.47. The lowest BCUT2D eigenvalue weighted by Gasteiger charge is -2.21. The highest BCUT2D eigenvalue weighted by Crippen LogP contribution is 2.05. The first-order valence-electron chi connectivity index (χ1n) is 5.98. The van der Waals surface area contributed by atoms with Crippen molar-refractivity contribution in [2.24, 2.45) is 0 Å². The van der Waals surface area contributed by atoms with Gasteiger partial charge in [0, 0.05) is 18.9 Å². The fourth-order valence-electron chi connectivity index (χ4n) is 1.49. The Kier molecular flexibility index (Phi) is 4.62. The normalized spacial score (nSPS) is 9.65. The Labute approximate surface area is 122 Å². The summed E-state index contributed by atoms with van der Waals surface area (Å²) in [6, 6.07) is 14.6. The van der Waals surface area contributed by atoms with Crippen LogP contribution in [0.3, 0.4) is 0 Å². The Morgan fingerprint density at radius 1 is 1.15 bits per heavy atom. The predicted molar refractivity (Wildman–Crippen MR) is 82.1 cm³/mol. The van der Waals surface area contributed by atoms with Gasteiger partial charge in [0.2, 0.25) is 0 Å². The molecule has 0 saturated carbocycles. The number of hydrogen-bond acceptors (Lipinski definition) is 3. The quantitative estimate of drug-likeness (QED) is 0.654. The number of para-hydroxylation sites is 1. The first-order chi connectivity index (χ1) is 9.66. The second-order valence-corrected chi connectivity index (χ2v) is 4.40. The number of carbonyl (C=O) groups is 1. The zero-order valence-electron chi connectivity index (χ0n) is 10.9. The van der Waals surface area contributed by atoms with Gasteiger partial charge in [-0.1, -0.05) is 24.3 Å². The standard InChI is InChI=1S/C14H14N4OS/c1-18(14(20)16-11-7-3-2-4-8-11)17-13(19)12-9-5-6-10-15-12/h2-10H,1H3,(H,16,20)(H,17,19). The average molecular weight is 286 g/mol. The van der Waals surface area contributed by atoms with Crippen LogP contribution in [0.15, 0.2) is 54.7 Å². The molecule has 1 aromatic carbocycles. The zero-order chi connectivity index (χ0) is 14.4. The number of hydrazine groups is 1. The van der Waals surface area contributed by atoms with Crippen LogP contribution in [0.4, 0.5) is 5.69 Å². The number of anilines is 1. The first kappa shape index (κ1) is 14.0. The number of rotatable bonds is 2. The van der Waals surface area contributed by atoms with Gasteiger partial charge in [-0.3, -0.25) is 20.2 Å². The largest absolute Gasteiger partial charge is 0.331 e. The molecule has 6 heteroatoms. The zero-order valence-corrected chi connectivity index (χ0v) is 11.7. The lowest BCUT2D eigenvalue weighted by molar-refractivity contribution is 0.0883. The smallest absolute Gasteiger partial charge is 0.288 e. The van der Waals surface area contributed by atoms with Gasteiger partial charge in [-0.05, 0) is 36.5 Å². The summed E-state index contributed by atoms with van der Waals surface area (Å²) in [4.78, 5) is 15.9. The molecule has 0 unspecified atom stereocenters. The van der Waals surface area contributed by atoms with Crippen LogP contribution in [0.5, 0.6) is 0 Å². The van der Waals surface area contributed by atoms with Gasteiger partial charge in [-0.15, -0.1) is 0 Å². The molecule has 0 aliphatic carbocycles. The number of nitrogens with zero attached hydrogens (tertiary/aromatic N) is 2. The van der Waals surface area contributed by atoms with Crippen molar-refractivity contribution in [2.45, 2.75) is 0 Å². The summed E-state index contributed by atoms with van der Waals surface area (Å²) in [7, 11) is 1.67. The van der Waals surface area contributed by atoms with E-state index in [9.17, 15) is 4.79 Å². The Morgan fingerprint density at radius 3 is 2.50 bits per heavy atom. The van der Waals surface area contributed by atoms with Crippen molar-refractivity contribution in [3.8, 4) is 0 Å². The van der Waals surface area contributed by atoms with Crippen LogP contribution in [0.1, 0.15) is 10.5 Å². The number of nitrogens with one attached hydrogen (secondary N) is 2. The van der Waals surface area contributed by atoms with Crippen LogP contribution >= 0.6 is 12.2 Å². The monoisotopic (exact) mass is 286 g/mol. The van der Waals surface area contributed by atoms with Gasteiger partial charge in [0.05, 0.1) is 0 Å². The van der Waals surface area contributed by atoms with Crippen molar-refractivity contribution in [2.75, 3.05) is 12.4 Å². The highest BCUT2D eigenvalue weighted by Gasteiger charge is 2.11. The number of benzene rings is 1. The van der Waals surface area contributed by atoms with E-state index >= 15 is 0 Å². The van der Waals surface area contributed by atoms with Crippen molar-refractivity contribution in [3.05, 3.63) is 60.4 Å². The summed E-state index contributed by atoms with van der Waals surface area (Å²) in [5, 5.41) is 4.85. The molecular formula is C14H14N4OS. The lowest BCUT2D eigenvalue weighted by Crippen LogP contribution is -2.45. The summed E-state index contributed by atoms with van der Waals surface area (Å²) in [5.74, 6) is -0.315. The van der Waals surface area contributed by atoms with Crippen molar-refractivity contribution < 1.29 is 4.79 Å². The van der Waals surface area contributed by atoms with E-state index in [-0.39, 0.29) is 5.91 Å². The molecule has 0 saturated heterocycles. The minimum Gasteiger partial charge on any atom is -0.331 e. The van der Waals surface area contributed by atoms with E-state index < -0.39 is 0 Å². The van der Waals surface area contributed by atoms with Crippen LogP contribution < -0.4 is 10.7 Å². The Morgan fingerprint density at radius 2 is 1.85 bits per heavy atom. The predicted octanol–water partition coefficient (Wildman–Crippen LogP) is 2.06. The van der Waals surface area contributed by atoms with Gasteiger partial charge in [0.15, 0.2) is 5.11 Å². The molecule has 0 atom stereocenters. The number of aromatic nitrogens is 1. The van der Waals surface area contributed by atoms with Crippen LogP contribution in [0.25, 0.3) is 0 Å². The van der Waals surface area contributed by atoms with E-state index in [0.29, 0.717) is 10.8 Å². The lowest BCUT2D eigenvalue weighted by atomic mass is 10.3.